The fourth-order valence-electron chi connectivity index (χ4n) is 3.36. The second-order valence-corrected chi connectivity index (χ2v) is 6.02. The van der Waals surface area contributed by atoms with Crippen molar-refractivity contribution in [1.82, 2.24) is 9.55 Å². The molecule has 0 bridgehead atoms. The van der Waals surface area contributed by atoms with Gasteiger partial charge in [0.1, 0.15) is 5.82 Å². The number of nitrogens with zero attached hydrogens (tertiary/aromatic N) is 2. The van der Waals surface area contributed by atoms with Gasteiger partial charge in [0, 0.05) is 12.5 Å². The lowest BCUT2D eigenvalue weighted by molar-refractivity contribution is 0.0698. The van der Waals surface area contributed by atoms with E-state index in [0.29, 0.717) is 11.5 Å². The third-order valence-corrected chi connectivity index (χ3v) is 4.58. The number of rotatable bonds is 3. The van der Waals surface area contributed by atoms with Crippen LogP contribution in [0.3, 0.4) is 0 Å². The second-order valence-electron chi connectivity index (χ2n) is 6.02. The highest BCUT2D eigenvalue weighted by molar-refractivity contribution is 6.01. The molecule has 2 heterocycles. The highest BCUT2D eigenvalue weighted by Gasteiger charge is 2.36. The molecule has 2 aromatic rings. The maximum Gasteiger partial charge on any atom is 0.337 e. The minimum absolute atomic E-state index is 0.0988. The summed E-state index contributed by atoms with van der Waals surface area (Å²) in [7, 11) is 0. The van der Waals surface area contributed by atoms with Gasteiger partial charge in [-0.05, 0) is 38.3 Å². The van der Waals surface area contributed by atoms with Gasteiger partial charge < -0.3 is 14.4 Å². The molecule has 1 saturated carbocycles. The largest absolute Gasteiger partial charge is 0.478 e. The highest BCUT2D eigenvalue weighted by Crippen LogP contribution is 2.44. The molecule has 21 heavy (non-hydrogen) atoms. The maximum atomic E-state index is 11.6. The van der Waals surface area contributed by atoms with E-state index in [-0.39, 0.29) is 12.1 Å². The lowest BCUT2D eigenvalue weighted by atomic mass is 10.1. The van der Waals surface area contributed by atoms with E-state index < -0.39 is 5.97 Å². The van der Waals surface area contributed by atoms with Crippen LogP contribution in [0, 0.1) is 0 Å². The van der Waals surface area contributed by atoms with E-state index >= 15 is 0 Å². The Bertz CT molecular complexity index is 718. The van der Waals surface area contributed by atoms with Crippen LogP contribution in [-0.2, 0) is 4.74 Å². The molecule has 110 valence electrons. The number of hydrogen-bond donors (Lipinski definition) is 1. The van der Waals surface area contributed by atoms with Crippen molar-refractivity contribution in [2.45, 2.75) is 44.2 Å². The van der Waals surface area contributed by atoms with E-state index in [0.717, 1.165) is 42.7 Å². The number of carboxylic acid groups (broad SMARTS) is 1. The van der Waals surface area contributed by atoms with Crippen LogP contribution in [0.2, 0.25) is 0 Å². The fraction of sp³-hybridized carbons (Fsp3) is 0.500. The lowest BCUT2D eigenvalue weighted by Gasteiger charge is -2.20. The van der Waals surface area contributed by atoms with Crippen molar-refractivity contribution in [1.29, 1.82) is 0 Å². The van der Waals surface area contributed by atoms with Gasteiger partial charge >= 0.3 is 5.97 Å². The third-order valence-electron chi connectivity index (χ3n) is 4.58. The Morgan fingerprint density at radius 2 is 2.19 bits per heavy atom. The molecule has 5 nitrogen and oxygen atoms in total. The SMILES string of the molecule is CC1OCCC1n1c(C2CC2)nc2cccc(C(=O)O)c21. The van der Waals surface area contributed by atoms with Crippen LogP contribution >= 0.6 is 0 Å². The molecule has 2 unspecified atom stereocenters. The van der Waals surface area contributed by atoms with Crippen molar-refractivity contribution in [2.24, 2.45) is 0 Å². The first-order chi connectivity index (χ1) is 10.2. The molecule has 2 fully saturated rings. The van der Waals surface area contributed by atoms with E-state index in [1.165, 1.54) is 0 Å². The molecule has 1 N–H and O–H groups in total. The number of benzene rings is 1. The van der Waals surface area contributed by atoms with Crippen molar-refractivity contribution in [3.05, 3.63) is 29.6 Å². The summed E-state index contributed by atoms with van der Waals surface area (Å²) in [6.07, 6.45) is 3.31. The van der Waals surface area contributed by atoms with Gasteiger partial charge in [0.15, 0.2) is 0 Å². The van der Waals surface area contributed by atoms with Crippen LogP contribution in [0.5, 0.6) is 0 Å². The molecule has 0 amide bonds. The van der Waals surface area contributed by atoms with Gasteiger partial charge in [-0.2, -0.15) is 0 Å². The topological polar surface area (TPSA) is 64.4 Å². The summed E-state index contributed by atoms with van der Waals surface area (Å²) in [4.78, 5) is 16.3. The highest BCUT2D eigenvalue weighted by atomic mass is 16.5. The van der Waals surface area contributed by atoms with Crippen molar-refractivity contribution in [3.63, 3.8) is 0 Å². The number of hydrogen-bond acceptors (Lipinski definition) is 3. The maximum absolute atomic E-state index is 11.6. The summed E-state index contributed by atoms with van der Waals surface area (Å²) >= 11 is 0. The molecule has 1 aliphatic carbocycles. The Kier molecular flexibility index (Phi) is 2.79. The predicted molar refractivity (Wildman–Crippen MR) is 77.7 cm³/mol. The fourth-order valence-corrected chi connectivity index (χ4v) is 3.36. The Balaban J connectivity index is 2.00. The number of carboxylic acids is 1. The molecule has 4 rings (SSSR count). The molecule has 0 spiro atoms. The van der Waals surface area contributed by atoms with Crippen LogP contribution in [0.1, 0.15) is 54.3 Å². The summed E-state index contributed by atoms with van der Waals surface area (Å²) in [5, 5.41) is 9.51. The zero-order valence-corrected chi connectivity index (χ0v) is 12.0. The summed E-state index contributed by atoms with van der Waals surface area (Å²) < 4.78 is 7.86. The first kappa shape index (κ1) is 12.8. The Labute approximate surface area is 122 Å². The summed E-state index contributed by atoms with van der Waals surface area (Å²) in [6, 6.07) is 5.53. The van der Waals surface area contributed by atoms with Gasteiger partial charge in [0.2, 0.25) is 0 Å². The average molecular weight is 286 g/mol. The minimum atomic E-state index is -0.893. The molecule has 2 aliphatic rings. The molecule has 0 radical (unpaired) electrons. The van der Waals surface area contributed by atoms with Crippen LogP contribution in [-0.4, -0.2) is 33.3 Å². The van der Waals surface area contributed by atoms with Crippen molar-refractivity contribution < 1.29 is 14.6 Å². The molecular formula is C16H18N2O3. The number of carbonyl (C=O) groups is 1. The van der Waals surface area contributed by atoms with E-state index in [1.54, 1.807) is 12.1 Å². The number of imidazole rings is 1. The van der Waals surface area contributed by atoms with E-state index in [4.69, 9.17) is 9.72 Å². The second kappa shape index (κ2) is 4.56. The molecule has 1 saturated heterocycles. The molecular weight excluding hydrogens is 268 g/mol. The smallest absolute Gasteiger partial charge is 0.337 e. The predicted octanol–water partition coefficient (Wildman–Crippen LogP) is 2.96. The first-order valence-electron chi connectivity index (χ1n) is 7.52. The quantitative estimate of drug-likeness (QED) is 0.942. The van der Waals surface area contributed by atoms with Crippen LogP contribution in [0.25, 0.3) is 11.0 Å². The first-order valence-corrected chi connectivity index (χ1v) is 7.52. The summed E-state index contributed by atoms with van der Waals surface area (Å²) in [6.45, 7) is 2.79. The van der Waals surface area contributed by atoms with Gasteiger partial charge in [-0.3, -0.25) is 0 Å². The van der Waals surface area contributed by atoms with Gasteiger partial charge in [0.05, 0.1) is 28.7 Å². The van der Waals surface area contributed by atoms with E-state index in [9.17, 15) is 9.90 Å². The average Bonchev–Trinajstić information content (AvgIpc) is 3.12. The van der Waals surface area contributed by atoms with Crippen molar-refractivity contribution in [3.8, 4) is 0 Å². The zero-order valence-electron chi connectivity index (χ0n) is 12.0. The van der Waals surface area contributed by atoms with E-state index in [2.05, 4.69) is 11.5 Å². The molecule has 1 aromatic heterocycles. The lowest BCUT2D eigenvalue weighted by Crippen LogP contribution is -2.19. The number of aromatic nitrogens is 2. The van der Waals surface area contributed by atoms with Crippen molar-refractivity contribution >= 4 is 17.0 Å². The Hall–Kier alpha value is -1.88. The number of para-hydroxylation sites is 1. The van der Waals surface area contributed by atoms with Gasteiger partial charge in [-0.25, -0.2) is 9.78 Å². The standard InChI is InChI=1S/C16H18N2O3/c1-9-13(7-8-21-9)18-14-11(16(19)20)3-2-4-12(14)17-15(18)10-5-6-10/h2-4,9-10,13H,5-8H2,1H3,(H,19,20). The van der Waals surface area contributed by atoms with Crippen LogP contribution in [0.4, 0.5) is 0 Å². The molecule has 1 aliphatic heterocycles. The third kappa shape index (κ3) is 1.95. The monoisotopic (exact) mass is 286 g/mol. The van der Waals surface area contributed by atoms with Crippen molar-refractivity contribution in [2.75, 3.05) is 6.61 Å². The summed E-state index contributed by atoms with van der Waals surface area (Å²) in [5.74, 6) is 0.628. The van der Waals surface area contributed by atoms with Gasteiger partial charge in [-0.1, -0.05) is 6.07 Å². The molecule has 5 heteroatoms. The molecule has 2 atom stereocenters. The number of aromatic carboxylic acids is 1. The van der Waals surface area contributed by atoms with Crippen LogP contribution in [0.15, 0.2) is 18.2 Å². The molecule has 1 aromatic carbocycles. The zero-order chi connectivity index (χ0) is 14.6. The van der Waals surface area contributed by atoms with Gasteiger partial charge in [0.25, 0.3) is 0 Å². The normalized spacial score (nSPS) is 25.6. The van der Waals surface area contributed by atoms with E-state index in [1.807, 2.05) is 6.07 Å². The van der Waals surface area contributed by atoms with Gasteiger partial charge in [-0.15, -0.1) is 0 Å². The minimum Gasteiger partial charge on any atom is -0.478 e. The summed E-state index contributed by atoms with van der Waals surface area (Å²) in [5.41, 5.74) is 1.89. The Morgan fingerprint density at radius 1 is 1.38 bits per heavy atom. The Morgan fingerprint density at radius 3 is 2.81 bits per heavy atom. The van der Waals surface area contributed by atoms with Crippen LogP contribution < -0.4 is 0 Å². The number of ether oxygens (including phenoxy) is 1. The number of fused-ring (bicyclic) bond motifs is 1.